The molecule has 3 aromatic rings. The zero-order valence-electron chi connectivity index (χ0n) is 29.3. The molecule has 0 saturated carbocycles. The van der Waals surface area contributed by atoms with Crippen molar-refractivity contribution >= 4 is 12.1 Å². The summed E-state index contributed by atoms with van der Waals surface area (Å²) >= 11 is 0. The Kier molecular flexibility index (Phi) is 47.5. The summed E-state index contributed by atoms with van der Waals surface area (Å²) in [5.74, 6) is -0.745. The zero-order chi connectivity index (χ0) is 34.4. The first kappa shape index (κ1) is 58.1. The van der Waals surface area contributed by atoms with Crippen molar-refractivity contribution < 1.29 is 24.6 Å². The van der Waals surface area contributed by atoms with Crippen LogP contribution in [0.15, 0.2) is 66.7 Å². The highest BCUT2D eigenvalue weighted by molar-refractivity contribution is 5.66. The molecule has 0 aliphatic rings. The average Bonchev–Trinajstić information content (AvgIpc) is 2.95. The molecule has 3 aromatic carbocycles. The Morgan fingerprint density at radius 2 is 0.848 bits per heavy atom. The quantitative estimate of drug-likeness (QED) is 0.289. The van der Waals surface area contributed by atoms with Crippen LogP contribution in [-0.2, 0) is 19.8 Å². The summed E-state index contributed by atoms with van der Waals surface area (Å²) in [4.78, 5) is 25.6. The average molecular weight is 645 g/mol. The van der Waals surface area contributed by atoms with Gasteiger partial charge in [-0.1, -0.05) is 143 Å². The molecule has 3 rings (SSSR count). The molecule has 5 nitrogen and oxygen atoms in total. The second kappa shape index (κ2) is 37.7. The van der Waals surface area contributed by atoms with E-state index in [0.29, 0.717) is 0 Å². The van der Waals surface area contributed by atoms with Crippen LogP contribution in [0.5, 0.6) is 0 Å². The van der Waals surface area contributed by atoms with Crippen LogP contribution in [0.3, 0.4) is 0 Å². The molecule has 2 N–H and O–H groups in total. The Balaban J connectivity index is -0.0000000808. The van der Waals surface area contributed by atoms with Gasteiger partial charge in [0.15, 0.2) is 0 Å². The third-order valence-electron chi connectivity index (χ3n) is 6.03. The van der Waals surface area contributed by atoms with Gasteiger partial charge in [0.1, 0.15) is 0 Å². The van der Waals surface area contributed by atoms with E-state index in [1.165, 1.54) is 51.8 Å². The number of benzene rings is 3. The first-order valence-electron chi connectivity index (χ1n) is 15.0. The summed E-state index contributed by atoms with van der Waals surface area (Å²) in [7, 11) is 0. The van der Waals surface area contributed by atoms with Gasteiger partial charge in [-0.3, -0.25) is 4.79 Å². The number of aliphatic hydroxyl groups excluding tert-OH is 1. The monoisotopic (exact) mass is 645 g/mol. The number of unbranched alkanes of at least 4 members (excludes halogenated alkanes) is 1. The molecular formula is C41H72O5. The van der Waals surface area contributed by atoms with E-state index >= 15 is 0 Å². The number of carbonyl (C=O) groups excluding carboxylic acids is 2. The highest BCUT2D eigenvalue weighted by Gasteiger charge is 2.13. The number of aliphatic carboxylic acids is 1. The Bertz CT molecular complexity index is 1030. The molecule has 46 heavy (non-hydrogen) atoms. The Morgan fingerprint density at radius 1 is 0.609 bits per heavy atom. The van der Waals surface area contributed by atoms with E-state index in [0.717, 1.165) is 0 Å². The van der Waals surface area contributed by atoms with E-state index in [1.54, 1.807) is 13.8 Å². The molecule has 0 saturated heterocycles. The lowest BCUT2D eigenvalue weighted by atomic mass is 9.85. The van der Waals surface area contributed by atoms with Gasteiger partial charge >= 0.3 is 12.1 Å². The SMILES string of the molecule is C.C.C.CCC(=O)O.CCCC.CCO.Cc1ccc(C(C)(C)C)cc1C.Cc1ccccc1C.Cc1ccccc1C.O=C=O. The molecule has 0 bridgehead atoms. The molecule has 0 aliphatic carbocycles. The number of rotatable bonds is 2. The largest absolute Gasteiger partial charge is 0.481 e. The lowest BCUT2D eigenvalue weighted by Gasteiger charge is -2.19. The van der Waals surface area contributed by atoms with Crippen LogP contribution in [0.4, 0.5) is 0 Å². The van der Waals surface area contributed by atoms with Crippen molar-refractivity contribution in [3.63, 3.8) is 0 Å². The lowest BCUT2D eigenvalue weighted by Crippen LogP contribution is -2.11. The van der Waals surface area contributed by atoms with Crippen LogP contribution < -0.4 is 0 Å². The van der Waals surface area contributed by atoms with Crippen molar-refractivity contribution in [2.24, 2.45) is 0 Å². The number of aryl methyl sites for hydroxylation is 6. The van der Waals surface area contributed by atoms with Crippen LogP contribution >= 0.6 is 0 Å². The van der Waals surface area contributed by atoms with Gasteiger partial charge in [-0.2, -0.15) is 9.59 Å². The van der Waals surface area contributed by atoms with Crippen molar-refractivity contribution in [1.29, 1.82) is 0 Å². The van der Waals surface area contributed by atoms with Gasteiger partial charge in [-0.05, 0) is 92.8 Å². The fourth-order valence-corrected chi connectivity index (χ4v) is 2.53. The van der Waals surface area contributed by atoms with Crippen molar-refractivity contribution in [3.8, 4) is 0 Å². The van der Waals surface area contributed by atoms with Crippen LogP contribution in [0.2, 0.25) is 0 Å². The number of hydrogen-bond donors (Lipinski definition) is 2. The van der Waals surface area contributed by atoms with Crippen molar-refractivity contribution in [1.82, 2.24) is 0 Å². The van der Waals surface area contributed by atoms with Crippen LogP contribution in [0, 0.1) is 41.5 Å². The smallest absolute Gasteiger partial charge is 0.373 e. The molecule has 0 atom stereocenters. The van der Waals surface area contributed by atoms with Crippen LogP contribution in [-0.4, -0.2) is 28.9 Å². The third-order valence-corrected chi connectivity index (χ3v) is 6.03. The van der Waals surface area contributed by atoms with Crippen LogP contribution in [0.1, 0.15) is 129 Å². The van der Waals surface area contributed by atoms with E-state index in [1.807, 2.05) is 0 Å². The minimum absolute atomic E-state index is 0. The summed E-state index contributed by atoms with van der Waals surface area (Å²) in [5, 5.41) is 15.3. The summed E-state index contributed by atoms with van der Waals surface area (Å²) in [6, 6.07) is 23.4. The van der Waals surface area contributed by atoms with Gasteiger partial charge in [0.2, 0.25) is 0 Å². The normalized spacial score (nSPS) is 8.30. The van der Waals surface area contributed by atoms with Crippen molar-refractivity contribution in [2.45, 2.75) is 137 Å². The zero-order valence-corrected chi connectivity index (χ0v) is 29.3. The minimum Gasteiger partial charge on any atom is -0.481 e. The van der Waals surface area contributed by atoms with E-state index in [4.69, 9.17) is 19.8 Å². The minimum atomic E-state index is -0.745. The molecule has 0 radical (unpaired) electrons. The molecule has 5 heteroatoms. The van der Waals surface area contributed by atoms with Gasteiger partial charge < -0.3 is 10.2 Å². The van der Waals surface area contributed by atoms with E-state index < -0.39 is 5.97 Å². The van der Waals surface area contributed by atoms with Gasteiger partial charge in [-0.25, -0.2) is 0 Å². The van der Waals surface area contributed by atoms with Crippen molar-refractivity contribution in [2.75, 3.05) is 6.61 Å². The maximum atomic E-state index is 9.37. The maximum Gasteiger partial charge on any atom is 0.373 e. The van der Waals surface area contributed by atoms with Gasteiger partial charge in [0.25, 0.3) is 0 Å². The predicted octanol–water partition coefficient (Wildman–Crippen LogP) is 11.8. The van der Waals surface area contributed by atoms with E-state index in [2.05, 4.69) is 143 Å². The summed E-state index contributed by atoms with van der Waals surface area (Å²) in [6.45, 7) is 27.4. The molecule has 266 valence electrons. The summed E-state index contributed by atoms with van der Waals surface area (Å²) in [6.07, 6.45) is 3.11. The number of aliphatic hydroxyl groups is 1. The number of carboxylic acid groups (broad SMARTS) is 1. The Morgan fingerprint density at radius 3 is 1.00 bits per heavy atom. The Hall–Kier alpha value is -3.53. The molecule has 0 fully saturated rings. The topological polar surface area (TPSA) is 91.7 Å². The van der Waals surface area contributed by atoms with Crippen LogP contribution in [0.25, 0.3) is 0 Å². The lowest BCUT2D eigenvalue weighted by molar-refractivity contribution is -0.191. The van der Waals surface area contributed by atoms with Gasteiger partial charge in [0.05, 0.1) is 0 Å². The molecule has 0 heterocycles. The fourth-order valence-electron chi connectivity index (χ4n) is 2.53. The molecule has 0 spiro atoms. The highest BCUT2D eigenvalue weighted by atomic mass is 16.4. The fraction of sp³-hybridized carbons (Fsp3) is 0.512. The van der Waals surface area contributed by atoms with Gasteiger partial charge in [-0.15, -0.1) is 0 Å². The van der Waals surface area contributed by atoms with Gasteiger partial charge in [0, 0.05) is 13.0 Å². The number of hydrogen-bond acceptors (Lipinski definition) is 4. The molecule has 0 aliphatic heterocycles. The predicted molar refractivity (Wildman–Crippen MR) is 203 cm³/mol. The van der Waals surface area contributed by atoms with E-state index in [9.17, 15) is 4.79 Å². The Labute approximate surface area is 285 Å². The molecule has 0 unspecified atom stereocenters. The number of carboxylic acids is 1. The second-order valence-corrected chi connectivity index (χ2v) is 10.9. The standard InChI is InChI=1S/C12H18.2C8H10.C4H10.C3H6O2.C2H6O.CO2.3CH4/c1-9-6-7-11(8-10(9)2)12(3,4)5;2*1-7-5-3-4-6-8(7)2;1-3-4-2;1-2-3(4)5;1-2-3;2-1-3;;;/h6-8H,1-5H3;2*3-6H,1-2H3;3-4H2,1-2H3;2H2,1H3,(H,4,5);3H,2H2,1H3;;3*1H4. The van der Waals surface area contributed by atoms with E-state index in [-0.39, 0.29) is 46.9 Å². The summed E-state index contributed by atoms with van der Waals surface area (Å²) < 4.78 is 0. The maximum absolute atomic E-state index is 9.37. The number of carbonyl (C=O) groups is 1. The molecule has 0 aromatic heterocycles. The molecule has 0 amide bonds. The second-order valence-electron chi connectivity index (χ2n) is 10.9. The first-order valence-corrected chi connectivity index (χ1v) is 15.0. The first-order chi connectivity index (χ1) is 20.0. The summed E-state index contributed by atoms with van der Waals surface area (Å²) in [5.41, 5.74) is 9.94. The molecular weight excluding hydrogens is 572 g/mol. The third kappa shape index (κ3) is 38.5. The van der Waals surface area contributed by atoms with Crippen molar-refractivity contribution in [3.05, 3.63) is 106 Å². The highest BCUT2D eigenvalue weighted by Crippen LogP contribution is 2.23.